The van der Waals surface area contributed by atoms with Crippen LogP contribution in [0.5, 0.6) is 0 Å². The minimum Gasteiger partial charge on any atom is -0.481 e. The number of hydrogen-bond donors (Lipinski definition) is 1. The number of rotatable bonds is 20. The maximum atomic E-state index is 10.4. The topological polar surface area (TPSA) is 49.8 Å². The first kappa shape index (κ1) is 25.4. The number of carbonyl (C=O) groups is 1. The van der Waals surface area contributed by atoms with Crippen LogP contribution in [0.1, 0.15) is 110 Å². The number of carboxylic acid groups (broad SMARTS) is 1. The van der Waals surface area contributed by atoms with Gasteiger partial charge < -0.3 is 9.84 Å². The van der Waals surface area contributed by atoms with Crippen molar-refractivity contribution in [3.05, 3.63) is 0 Å². The van der Waals surface area contributed by atoms with Gasteiger partial charge in [-0.3, -0.25) is 9.69 Å². The molecule has 0 fully saturated rings. The summed E-state index contributed by atoms with van der Waals surface area (Å²) in [7, 11) is 4.10. The third kappa shape index (κ3) is 19.7. The van der Waals surface area contributed by atoms with Crippen LogP contribution in [0.4, 0.5) is 0 Å². The minimum atomic E-state index is -0.659. The van der Waals surface area contributed by atoms with Crippen molar-refractivity contribution in [2.45, 2.75) is 116 Å². The third-order valence-electron chi connectivity index (χ3n) is 5.12. The first-order chi connectivity index (χ1) is 12.5. The average Bonchev–Trinajstić information content (AvgIpc) is 2.60. The van der Waals surface area contributed by atoms with Crippen molar-refractivity contribution in [3.8, 4) is 0 Å². The second-order valence-electron chi connectivity index (χ2n) is 7.88. The van der Waals surface area contributed by atoms with E-state index in [0.717, 1.165) is 19.4 Å². The molecular weight excluding hydrogens is 326 g/mol. The number of hydrogen-bond acceptors (Lipinski definition) is 3. The molecule has 1 unspecified atom stereocenters. The molecule has 0 aliphatic rings. The normalized spacial score (nSPS) is 12.6. The summed E-state index contributed by atoms with van der Waals surface area (Å²) in [6.45, 7) is 2.99. The highest BCUT2D eigenvalue weighted by molar-refractivity contribution is 5.66. The SMILES string of the molecule is CC(OCCCCCCCCCCCCCCCCCC(=O)O)N(C)C. The summed E-state index contributed by atoms with van der Waals surface area (Å²) in [5, 5.41) is 8.57. The molecule has 0 spiro atoms. The Morgan fingerprint density at radius 3 is 1.42 bits per heavy atom. The molecule has 0 aliphatic carbocycles. The molecule has 0 saturated carbocycles. The van der Waals surface area contributed by atoms with E-state index in [0.29, 0.717) is 6.42 Å². The lowest BCUT2D eigenvalue weighted by Gasteiger charge is -2.19. The van der Waals surface area contributed by atoms with Gasteiger partial charge in [0.1, 0.15) is 6.23 Å². The molecule has 0 bridgehead atoms. The van der Waals surface area contributed by atoms with Gasteiger partial charge in [0.05, 0.1) is 0 Å². The summed E-state index contributed by atoms with van der Waals surface area (Å²) in [5.41, 5.74) is 0. The van der Waals surface area contributed by atoms with Crippen LogP contribution in [0.15, 0.2) is 0 Å². The number of nitrogens with zero attached hydrogens (tertiary/aromatic N) is 1. The third-order valence-corrected chi connectivity index (χ3v) is 5.12. The molecule has 0 aliphatic heterocycles. The van der Waals surface area contributed by atoms with Crippen molar-refractivity contribution in [2.24, 2.45) is 0 Å². The maximum Gasteiger partial charge on any atom is 0.303 e. The molecule has 0 rings (SSSR count). The van der Waals surface area contributed by atoms with Crippen molar-refractivity contribution in [3.63, 3.8) is 0 Å². The monoisotopic (exact) mass is 371 g/mol. The van der Waals surface area contributed by atoms with E-state index in [1.165, 1.54) is 83.5 Å². The summed E-state index contributed by atoms with van der Waals surface area (Å²) >= 11 is 0. The lowest BCUT2D eigenvalue weighted by molar-refractivity contribution is -0.137. The molecule has 0 saturated heterocycles. The highest BCUT2D eigenvalue weighted by atomic mass is 16.5. The van der Waals surface area contributed by atoms with E-state index in [1.54, 1.807) is 0 Å². The predicted octanol–water partition coefficient (Wildman–Crippen LogP) is 6.24. The van der Waals surface area contributed by atoms with E-state index in [-0.39, 0.29) is 6.23 Å². The van der Waals surface area contributed by atoms with Crippen molar-refractivity contribution in [1.82, 2.24) is 4.90 Å². The Kier molecular flexibility index (Phi) is 18.7. The lowest BCUT2D eigenvalue weighted by atomic mass is 10.0. The maximum absolute atomic E-state index is 10.4. The van der Waals surface area contributed by atoms with Gasteiger partial charge in [0.15, 0.2) is 0 Å². The molecule has 0 aromatic carbocycles. The fraction of sp³-hybridized carbons (Fsp3) is 0.955. The van der Waals surface area contributed by atoms with Gasteiger partial charge in [-0.15, -0.1) is 0 Å². The van der Waals surface area contributed by atoms with Gasteiger partial charge in [0.25, 0.3) is 0 Å². The zero-order valence-corrected chi connectivity index (χ0v) is 17.8. The minimum absolute atomic E-state index is 0.229. The average molecular weight is 372 g/mol. The zero-order valence-electron chi connectivity index (χ0n) is 17.8. The van der Waals surface area contributed by atoms with E-state index in [4.69, 9.17) is 9.84 Å². The molecule has 0 aromatic heterocycles. The van der Waals surface area contributed by atoms with Gasteiger partial charge in [-0.05, 0) is 33.9 Å². The summed E-state index contributed by atoms with van der Waals surface area (Å²) in [5.74, 6) is -0.659. The predicted molar refractivity (Wildman–Crippen MR) is 111 cm³/mol. The quantitative estimate of drug-likeness (QED) is 0.203. The molecule has 0 heterocycles. The first-order valence-electron chi connectivity index (χ1n) is 11.0. The zero-order chi connectivity index (χ0) is 19.5. The van der Waals surface area contributed by atoms with E-state index < -0.39 is 5.97 Å². The Morgan fingerprint density at radius 2 is 1.08 bits per heavy atom. The highest BCUT2D eigenvalue weighted by Crippen LogP contribution is 2.13. The number of unbranched alkanes of at least 4 members (excludes halogenated alkanes) is 14. The van der Waals surface area contributed by atoms with E-state index in [9.17, 15) is 4.79 Å². The van der Waals surface area contributed by atoms with Gasteiger partial charge in [0, 0.05) is 13.0 Å². The fourth-order valence-electron chi connectivity index (χ4n) is 3.08. The second-order valence-corrected chi connectivity index (χ2v) is 7.88. The smallest absolute Gasteiger partial charge is 0.303 e. The molecule has 0 aromatic rings. The molecule has 1 N–H and O–H groups in total. The molecule has 1 atom stereocenters. The fourth-order valence-corrected chi connectivity index (χ4v) is 3.08. The van der Waals surface area contributed by atoms with Gasteiger partial charge in [0.2, 0.25) is 0 Å². The Hall–Kier alpha value is -0.610. The molecule has 26 heavy (non-hydrogen) atoms. The van der Waals surface area contributed by atoms with Crippen LogP contribution in [0.25, 0.3) is 0 Å². The standard InChI is InChI=1S/C22H45NO3/c1-21(23(2)3)26-20-18-16-14-12-10-8-6-4-5-7-9-11-13-15-17-19-22(24)25/h21H,4-20H2,1-3H3,(H,24,25). The second kappa shape index (κ2) is 19.2. The Bertz CT molecular complexity index is 308. The van der Waals surface area contributed by atoms with Crippen LogP contribution >= 0.6 is 0 Å². The Balaban J connectivity index is 3.06. The number of aliphatic carboxylic acids is 1. The van der Waals surface area contributed by atoms with E-state index in [2.05, 4.69) is 25.9 Å². The van der Waals surface area contributed by atoms with Crippen LogP contribution in [0.3, 0.4) is 0 Å². The van der Waals surface area contributed by atoms with E-state index >= 15 is 0 Å². The van der Waals surface area contributed by atoms with Crippen LogP contribution < -0.4 is 0 Å². The molecule has 0 amide bonds. The summed E-state index contributed by atoms with van der Waals surface area (Å²) in [4.78, 5) is 12.5. The van der Waals surface area contributed by atoms with Gasteiger partial charge in [-0.2, -0.15) is 0 Å². The van der Waals surface area contributed by atoms with E-state index in [1.807, 2.05) is 0 Å². The Labute approximate surface area is 162 Å². The lowest BCUT2D eigenvalue weighted by Crippen LogP contribution is -2.27. The molecule has 4 heteroatoms. The molecule has 0 radical (unpaired) electrons. The van der Waals surface area contributed by atoms with Crippen molar-refractivity contribution in [1.29, 1.82) is 0 Å². The van der Waals surface area contributed by atoms with Crippen molar-refractivity contribution >= 4 is 5.97 Å². The number of ether oxygens (including phenoxy) is 1. The van der Waals surface area contributed by atoms with Gasteiger partial charge >= 0.3 is 5.97 Å². The van der Waals surface area contributed by atoms with Crippen LogP contribution in [-0.2, 0) is 9.53 Å². The first-order valence-corrected chi connectivity index (χ1v) is 11.0. The summed E-state index contributed by atoms with van der Waals surface area (Å²) in [6, 6.07) is 0. The van der Waals surface area contributed by atoms with Crippen LogP contribution in [0, 0.1) is 0 Å². The van der Waals surface area contributed by atoms with Gasteiger partial charge in [-0.1, -0.05) is 83.5 Å². The number of carboxylic acids is 1. The molecule has 4 nitrogen and oxygen atoms in total. The molecular formula is C22H45NO3. The largest absolute Gasteiger partial charge is 0.481 e. The van der Waals surface area contributed by atoms with Gasteiger partial charge in [-0.25, -0.2) is 0 Å². The summed E-state index contributed by atoms with van der Waals surface area (Å²) in [6.07, 6.45) is 19.8. The van der Waals surface area contributed by atoms with Crippen molar-refractivity contribution < 1.29 is 14.6 Å². The van der Waals surface area contributed by atoms with Crippen LogP contribution in [0.2, 0.25) is 0 Å². The highest BCUT2D eigenvalue weighted by Gasteiger charge is 2.02. The van der Waals surface area contributed by atoms with Crippen molar-refractivity contribution in [2.75, 3.05) is 20.7 Å². The molecule has 156 valence electrons. The summed E-state index contributed by atoms with van der Waals surface area (Å²) < 4.78 is 5.73. The van der Waals surface area contributed by atoms with Crippen LogP contribution in [-0.4, -0.2) is 42.9 Å². The Morgan fingerprint density at radius 1 is 0.731 bits per heavy atom.